The van der Waals surface area contributed by atoms with Crippen molar-refractivity contribution < 1.29 is 27.9 Å². The van der Waals surface area contributed by atoms with E-state index in [1.165, 1.54) is 16.7 Å². The molecule has 0 aromatic heterocycles. The molecule has 7 nitrogen and oxygen atoms in total. The molecular weight excluding hydrogens is 731 g/mol. The summed E-state index contributed by atoms with van der Waals surface area (Å²) in [5, 5.41) is 3.18. The van der Waals surface area contributed by atoms with Gasteiger partial charge in [0.15, 0.2) is 16.6 Å². The number of ether oxygens (including phenoxy) is 3. The Labute approximate surface area is 343 Å². The predicted molar refractivity (Wildman–Crippen MR) is 238 cm³/mol. The van der Waals surface area contributed by atoms with Crippen LogP contribution >= 0.6 is 0 Å². The number of unbranched alkanes of at least 4 members (excludes halogenated alkanes) is 1. The molecule has 0 radical (unpaired) electrons. The van der Waals surface area contributed by atoms with Crippen LogP contribution in [-0.2, 0) is 23.1 Å². The molecule has 1 amide bonds. The highest BCUT2D eigenvalue weighted by atomic mass is 28.4. The molecule has 0 heterocycles. The van der Waals surface area contributed by atoms with Crippen molar-refractivity contribution in [1.29, 1.82) is 0 Å². The summed E-state index contributed by atoms with van der Waals surface area (Å²) < 4.78 is 31.7. The quantitative estimate of drug-likeness (QED) is 0.0873. The van der Waals surface area contributed by atoms with Crippen LogP contribution in [0.3, 0.4) is 0 Å². The van der Waals surface area contributed by atoms with Gasteiger partial charge in [-0.1, -0.05) is 97.0 Å². The normalized spacial score (nSPS) is 27.5. The smallest absolute Gasteiger partial charge is 0.412 e. The average Bonchev–Trinajstić information content (AvgIpc) is 3.36. The van der Waals surface area contributed by atoms with Gasteiger partial charge in [0.2, 0.25) is 0 Å². The zero-order valence-electron chi connectivity index (χ0n) is 37.7. The van der Waals surface area contributed by atoms with Gasteiger partial charge in [-0.25, -0.2) is 4.79 Å². The van der Waals surface area contributed by atoms with E-state index in [2.05, 4.69) is 112 Å². The molecule has 0 unspecified atom stereocenters. The summed E-state index contributed by atoms with van der Waals surface area (Å²) in [4.78, 5) is 13.4. The molecule has 3 fully saturated rings. The zero-order valence-corrected chi connectivity index (χ0v) is 39.7. The van der Waals surface area contributed by atoms with Gasteiger partial charge in [0.25, 0.3) is 0 Å². The van der Waals surface area contributed by atoms with Crippen LogP contribution in [0.2, 0.25) is 36.3 Å². The monoisotopic (exact) mass is 808 g/mol. The number of carbonyl (C=O) groups is 1. The highest BCUT2D eigenvalue weighted by Gasteiger charge is 2.52. The van der Waals surface area contributed by atoms with Crippen LogP contribution in [0, 0.1) is 11.3 Å². The number of hydrogen-bond donors (Lipinski definition) is 1. The predicted octanol–water partition coefficient (Wildman–Crippen LogP) is 13.3. The number of hydrogen-bond acceptors (Lipinski definition) is 6. The van der Waals surface area contributed by atoms with Gasteiger partial charge in [0, 0.05) is 19.2 Å². The lowest BCUT2D eigenvalue weighted by molar-refractivity contribution is -0.117. The van der Waals surface area contributed by atoms with Crippen LogP contribution in [0.15, 0.2) is 77.4 Å². The fraction of sp³-hybridized carbons (Fsp3) is 0.681. The van der Waals surface area contributed by atoms with Crippen LogP contribution in [0.4, 0.5) is 10.5 Å². The number of nitrogens with one attached hydrogen (secondary N) is 1. The first kappa shape index (κ1) is 46.4. The van der Waals surface area contributed by atoms with E-state index in [-0.39, 0.29) is 52.1 Å². The van der Waals surface area contributed by atoms with Crippen molar-refractivity contribution in [3.8, 4) is 0 Å². The Morgan fingerprint density at radius 3 is 2.20 bits per heavy atom. The molecule has 0 aliphatic heterocycles. The number of benzene rings is 1. The molecule has 4 rings (SSSR count). The van der Waals surface area contributed by atoms with E-state index < -0.39 is 22.7 Å². The van der Waals surface area contributed by atoms with E-state index >= 15 is 0 Å². The first-order valence-corrected chi connectivity index (χ1v) is 27.0. The zero-order chi connectivity index (χ0) is 41.7. The van der Waals surface area contributed by atoms with Crippen molar-refractivity contribution in [3.63, 3.8) is 0 Å². The second-order valence-electron chi connectivity index (χ2n) is 20.6. The van der Waals surface area contributed by atoms with Crippen molar-refractivity contribution in [2.75, 3.05) is 19.2 Å². The van der Waals surface area contributed by atoms with Gasteiger partial charge in [-0.3, -0.25) is 5.32 Å². The van der Waals surface area contributed by atoms with E-state index in [9.17, 15) is 4.79 Å². The SMILES string of the molecule is C=C1/C(=C\C=C2/CCC[C@]3(C)/C(=C/CCCC(C)(C)OCOC)[C@H](OC(=O)Nc4ccccc4)C[C@@H]23)C[C@@H](O[Si](C)(C)C(C)(C)C)C[C@@H]1O[Si](C)(C)C(C)(C)C. The van der Waals surface area contributed by atoms with Gasteiger partial charge < -0.3 is 23.1 Å². The third-order valence-corrected chi connectivity index (χ3v) is 22.8. The Balaban J connectivity index is 1.65. The number of amides is 1. The fourth-order valence-electron chi connectivity index (χ4n) is 8.20. The van der Waals surface area contributed by atoms with Gasteiger partial charge in [-0.2, -0.15) is 0 Å². The molecule has 3 aliphatic carbocycles. The third kappa shape index (κ3) is 11.7. The average molecular weight is 808 g/mol. The van der Waals surface area contributed by atoms with Crippen LogP contribution < -0.4 is 5.32 Å². The molecule has 1 aromatic carbocycles. The Kier molecular flexibility index (Phi) is 15.2. The standard InChI is InChI=1S/C47H77NO6Si2/c1-34-36(30-38(53-55(12,13)44(2,3)4)31-41(34)54-56(14,15)45(5,6)7)27-26-35-22-21-29-47(10)39(25-19-20-28-46(8,9)51-33-50-11)42(32-40(35)47)52-43(49)48-37-23-17-16-18-24-37/h16-18,23-27,38,40-42H,1,19-22,28-33H2,2-15H3,(H,48,49)/b35-26+,36-27-,39-25+/t38-,40+,41+,42-,47-/m1/s1. The Bertz CT molecular complexity index is 1600. The molecule has 56 heavy (non-hydrogen) atoms. The van der Waals surface area contributed by atoms with Crippen molar-refractivity contribution in [2.45, 2.75) is 180 Å². The van der Waals surface area contributed by atoms with Gasteiger partial charge in [0.05, 0.1) is 17.8 Å². The summed E-state index contributed by atoms with van der Waals surface area (Å²) in [6.07, 6.45) is 14.9. The topological polar surface area (TPSA) is 75.3 Å². The maximum absolute atomic E-state index is 13.4. The van der Waals surface area contributed by atoms with Crippen molar-refractivity contribution in [2.24, 2.45) is 11.3 Å². The molecule has 314 valence electrons. The van der Waals surface area contributed by atoms with Crippen LogP contribution in [-0.4, -0.2) is 60.5 Å². The second-order valence-corrected chi connectivity index (χ2v) is 30.1. The van der Waals surface area contributed by atoms with Gasteiger partial charge in [-0.05, 0) is 142 Å². The van der Waals surface area contributed by atoms with Crippen molar-refractivity contribution in [3.05, 3.63) is 77.4 Å². The molecule has 5 atom stereocenters. The molecule has 0 saturated heterocycles. The molecule has 1 aromatic rings. The summed E-state index contributed by atoms with van der Waals surface area (Å²) in [7, 11) is -2.43. The van der Waals surface area contributed by atoms with Crippen molar-refractivity contribution >= 4 is 28.4 Å². The summed E-state index contributed by atoms with van der Waals surface area (Å²) in [6.45, 7) is 34.9. The largest absolute Gasteiger partial charge is 0.441 e. The van der Waals surface area contributed by atoms with Crippen LogP contribution in [0.5, 0.6) is 0 Å². The summed E-state index contributed by atoms with van der Waals surface area (Å²) in [5.41, 5.74) is 5.38. The summed E-state index contributed by atoms with van der Waals surface area (Å²) >= 11 is 0. The van der Waals surface area contributed by atoms with E-state index in [1.54, 1.807) is 7.11 Å². The van der Waals surface area contributed by atoms with Crippen LogP contribution in [0.25, 0.3) is 0 Å². The number of fused-ring (bicyclic) bond motifs is 1. The minimum Gasteiger partial charge on any atom is -0.441 e. The molecule has 0 spiro atoms. The minimum atomic E-state index is -2.07. The van der Waals surface area contributed by atoms with E-state index in [0.717, 1.165) is 69.0 Å². The maximum Gasteiger partial charge on any atom is 0.412 e. The number of methoxy groups -OCH3 is 1. The highest BCUT2D eigenvalue weighted by molar-refractivity contribution is 6.74. The number of rotatable bonds is 14. The maximum atomic E-state index is 13.4. The van der Waals surface area contributed by atoms with Crippen LogP contribution in [0.1, 0.15) is 120 Å². The number of para-hydroxylation sites is 1. The Hall–Kier alpha value is -2.28. The molecule has 1 N–H and O–H groups in total. The fourth-order valence-corrected chi connectivity index (χ4v) is 10.9. The van der Waals surface area contributed by atoms with E-state index in [1.807, 2.05) is 30.3 Å². The van der Waals surface area contributed by atoms with E-state index in [0.29, 0.717) is 0 Å². The first-order chi connectivity index (χ1) is 25.9. The molecule has 3 aliphatic rings. The lowest BCUT2D eigenvalue weighted by atomic mass is 9.65. The highest BCUT2D eigenvalue weighted by Crippen LogP contribution is 2.58. The van der Waals surface area contributed by atoms with Gasteiger partial charge >= 0.3 is 6.09 Å². The molecule has 3 saturated carbocycles. The number of anilines is 1. The second kappa shape index (κ2) is 18.3. The minimum absolute atomic E-state index is 0.0625. The van der Waals surface area contributed by atoms with Crippen molar-refractivity contribution in [1.82, 2.24) is 0 Å². The van der Waals surface area contributed by atoms with Gasteiger partial charge in [-0.15, -0.1) is 0 Å². The Morgan fingerprint density at radius 2 is 1.57 bits per heavy atom. The Morgan fingerprint density at radius 1 is 0.929 bits per heavy atom. The lowest BCUT2D eigenvalue weighted by Gasteiger charge is -2.45. The van der Waals surface area contributed by atoms with Gasteiger partial charge in [0.1, 0.15) is 12.9 Å². The molecular formula is C47H77NO6Si2. The summed E-state index contributed by atoms with van der Waals surface area (Å²) in [6, 6.07) is 9.55. The molecule has 0 bridgehead atoms. The third-order valence-electron chi connectivity index (χ3n) is 13.8. The lowest BCUT2D eigenvalue weighted by Crippen LogP contribution is -2.49. The summed E-state index contributed by atoms with van der Waals surface area (Å²) in [5.74, 6) is 0.269. The number of allylic oxidation sites excluding steroid dienone is 4. The number of carbonyl (C=O) groups excluding carboxylic acids is 1. The first-order valence-electron chi connectivity index (χ1n) is 21.2. The molecule has 9 heteroatoms. The van der Waals surface area contributed by atoms with E-state index in [4.69, 9.17) is 29.6 Å².